The Morgan fingerprint density at radius 2 is 1.62 bits per heavy atom. The summed E-state index contributed by atoms with van der Waals surface area (Å²) in [4.78, 5) is 23.9. The number of aromatic nitrogens is 3. The number of para-hydroxylation sites is 1. The van der Waals surface area contributed by atoms with Crippen molar-refractivity contribution >= 4 is 40.7 Å². The van der Waals surface area contributed by atoms with Gasteiger partial charge in [-0.25, -0.2) is 0 Å². The number of amides is 1. The third-order valence-corrected chi connectivity index (χ3v) is 5.79. The highest BCUT2D eigenvalue weighted by Gasteiger charge is 2.18. The number of nitrogens with one attached hydrogen (secondary N) is 1. The Kier molecular flexibility index (Phi) is 6.68. The van der Waals surface area contributed by atoms with Crippen LogP contribution in [0.1, 0.15) is 17.3 Å². The molecule has 0 fully saturated rings. The molecule has 0 atom stereocenters. The molecular formula is C24H19ClN4O2S. The van der Waals surface area contributed by atoms with Gasteiger partial charge in [0.1, 0.15) is 0 Å². The first-order valence-corrected chi connectivity index (χ1v) is 11.2. The van der Waals surface area contributed by atoms with Crippen LogP contribution in [-0.2, 0) is 4.79 Å². The lowest BCUT2D eigenvalue weighted by Crippen LogP contribution is -2.07. The number of hydrogen-bond donors (Lipinski definition) is 1. The number of benzene rings is 3. The lowest BCUT2D eigenvalue weighted by atomic mass is 10.1. The van der Waals surface area contributed by atoms with E-state index in [9.17, 15) is 9.59 Å². The minimum Gasteiger partial charge on any atom is -0.326 e. The van der Waals surface area contributed by atoms with Crippen LogP contribution in [0.4, 0.5) is 5.69 Å². The van der Waals surface area contributed by atoms with Crippen molar-refractivity contribution in [3.05, 3.63) is 89.4 Å². The maximum absolute atomic E-state index is 12.7. The molecule has 1 N–H and O–H groups in total. The largest absolute Gasteiger partial charge is 0.326 e. The van der Waals surface area contributed by atoms with Crippen molar-refractivity contribution in [1.82, 2.24) is 14.8 Å². The number of rotatable bonds is 7. The Hall–Kier alpha value is -3.42. The monoisotopic (exact) mass is 462 g/mol. The molecule has 0 spiro atoms. The minimum absolute atomic E-state index is 0.0416. The average Bonchev–Trinajstić information content (AvgIpc) is 3.22. The number of Topliss-reactive ketones (excluding diaryl/α,β-unsaturated/α-hetero) is 1. The van der Waals surface area contributed by atoms with E-state index >= 15 is 0 Å². The Morgan fingerprint density at radius 1 is 0.938 bits per heavy atom. The zero-order chi connectivity index (χ0) is 22.5. The molecule has 0 bridgehead atoms. The highest BCUT2D eigenvalue weighted by Crippen LogP contribution is 2.29. The maximum atomic E-state index is 12.7. The van der Waals surface area contributed by atoms with Gasteiger partial charge in [-0.1, -0.05) is 41.6 Å². The zero-order valence-electron chi connectivity index (χ0n) is 17.2. The standard InChI is InChI=1S/C24H19ClN4O2S/c1-16(30)26-20-13-9-17(10-14-20)22(31)15-32-24-28-27-23(18-7-11-19(25)12-8-18)29(24)21-5-3-2-4-6-21/h2-14H,15H2,1H3,(H,26,30). The Morgan fingerprint density at radius 3 is 2.28 bits per heavy atom. The molecule has 1 aromatic heterocycles. The summed E-state index contributed by atoms with van der Waals surface area (Å²) in [7, 11) is 0. The molecule has 0 aliphatic carbocycles. The molecule has 0 aliphatic rings. The van der Waals surface area contributed by atoms with Crippen LogP contribution in [0.25, 0.3) is 17.1 Å². The van der Waals surface area contributed by atoms with Gasteiger partial charge in [-0.2, -0.15) is 0 Å². The van der Waals surface area contributed by atoms with E-state index in [2.05, 4.69) is 15.5 Å². The van der Waals surface area contributed by atoms with E-state index in [0.29, 0.717) is 27.3 Å². The number of carbonyl (C=O) groups excluding carboxylic acids is 2. The highest BCUT2D eigenvalue weighted by atomic mass is 35.5. The van der Waals surface area contributed by atoms with Crippen LogP contribution in [0.5, 0.6) is 0 Å². The van der Waals surface area contributed by atoms with Gasteiger partial charge in [-0.15, -0.1) is 10.2 Å². The van der Waals surface area contributed by atoms with Crippen molar-refractivity contribution in [2.24, 2.45) is 0 Å². The SMILES string of the molecule is CC(=O)Nc1ccc(C(=O)CSc2nnc(-c3ccc(Cl)cc3)n2-c2ccccc2)cc1. The van der Waals surface area contributed by atoms with Gasteiger partial charge < -0.3 is 5.32 Å². The summed E-state index contributed by atoms with van der Waals surface area (Å²) >= 11 is 7.36. The quantitative estimate of drug-likeness (QED) is 0.289. The summed E-state index contributed by atoms with van der Waals surface area (Å²) in [6, 6.07) is 24.0. The van der Waals surface area contributed by atoms with Crippen LogP contribution in [0.3, 0.4) is 0 Å². The fourth-order valence-electron chi connectivity index (χ4n) is 3.12. The molecule has 8 heteroatoms. The molecule has 6 nitrogen and oxygen atoms in total. The summed E-state index contributed by atoms with van der Waals surface area (Å²) in [5, 5.41) is 12.7. The molecule has 4 rings (SSSR count). The van der Waals surface area contributed by atoms with Gasteiger partial charge in [-0.05, 0) is 60.7 Å². The van der Waals surface area contributed by atoms with E-state index in [-0.39, 0.29) is 17.4 Å². The predicted molar refractivity (Wildman–Crippen MR) is 128 cm³/mol. The van der Waals surface area contributed by atoms with E-state index in [0.717, 1.165) is 11.3 Å². The molecule has 3 aromatic carbocycles. The normalized spacial score (nSPS) is 10.7. The van der Waals surface area contributed by atoms with Crippen LogP contribution in [0.15, 0.2) is 84.0 Å². The third-order valence-electron chi connectivity index (χ3n) is 4.61. The van der Waals surface area contributed by atoms with Gasteiger partial charge in [0.15, 0.2) is 16.8 Å². The molecule has 160 valence electrons. The van der Waals surface area contributed by atoms with Gasteiger partial charge in [-0.3, -0.25) is 14.2 Å². The fourth-order valence-corrected chi connectivity index (χ4v) is 4.09. The van der Waals surface area contributed by atoms with Gasteiger partial charge in [0, 0.05) is 34.4 Å². The Balaban J connectivity index is 1.58. The highest BCUT2D eigenvalue weighted by molar-refractivity contribution is 7.99. The molecule has 1 heterocycles. The van der Waals surface area contributed by atoms with Gasteiger partial charge >= 0.3 is 0 Å². The second kappa shape index (κ2) is 9.80. The van der Waals surface area contributed by atoms with E-state index in [1.54, 1.807) is 24.3 Å². The van der Waals surface area contributed by atoms with E-state index in [1.165, 1.54) is 18.7 Å². The number of nitrogens with zero attached hydrogens (tertiary/aromatic N) is 3. The third kappa shape index (κ3) is 5.07. The number of hydrogen-bond acceptors (Lipinski definition) is 5. The predicted octanol–water partition coefficient (Wildman–Crippen LogP) is 5.52. The first-order chi connectivity index (χ1) is 15.5. The van der Waals surface area contributed by atoms with Crippen LogP contribution in [0.2, 0.25) is 5.02 Å². The molecule has 0 aliphatic heterocycles. The number of carbonyl (C=O) groups is 2. The van der Waals surface area contributed by atoms with E-state index in [1.807, 2.05) is 59.2 Å². The minimum atomic E-state index is -0.156. The molecule has 0 saturated carbocycles. The van der Waals surface area contributed by atoms with E-state index in [4.69, 9.17) is 11.6 Å². The van der Waals surface area contributed by atoms with Crippen LogP contribution in [-0.4, -0.2) is 32.2 Å². The number of ketones is 1. The average molecular weight is 463 g/mol. The molecule has 0 saturated heterocycles. The molecule has 4 aromatic rings. The summed E-state index contributed by atoms with van der Waals surface area (Å²) < 4.78 is 1.93. The van der Waals surface area contributed by atoms with Crippen LogP contribution < -0.4 is 5.32 Å². The van der Waals surface area contributed by atoms with E-state index < -0.39 is 0 Å². The smallest absolute Gasteiger partial charge is 0.221 e. The van der Waals surface area contributed by atoms with Crippen LogP contribution >= 0.6 is 23.4 Å². The van der Waals surface area contributed by atoms with Crippen molar-refractivity contribution in [3.63, 3.8) is 0 Å². The second-order valence-electron chi connectivity index (χ2n) is 6.95. The van der Waals surface area contributed by atoms with Crippen molar-refractivity contribution < 1.29 is 9.59 Å². The van der Waals surface area contributed by atoms with Gasteiger partial charge in [0.25, 0.3) is 0 Å². The zero-order valence-corrected chi connectivity index (χ0v) is 18.7. The lowest BCUT2D eigenvalue weighted by Gasteiger charge is -2.10. The summed E-state index contributed by atoms with van der Waals surface area (Å²) in [6.07, 6.45) is 0. The molecular weight excluding hydrogens is 444 g/mol. The first kappa shape index (κ1) is 21.8. The van der Waals surface area contributed by atoms with Crippen LogP contribution in [0, 0.1) is 0 Å². The summed E-state index contributed by atoms with van der Waals surface area (Å²) in [6.45, 7) is 1.44. The fraction of sp³-hybridized carbons (Fsp3) is 0.0833. The molecule has 0 radical (unpaired) electrons. The number of thioether (sulfide) groups is 1. The first-order valence-electron chi connectivity index (χ1n) is 9.82. The molecule has 32 heavy (non-hydrogen) atoms. The number of halogens is 1. The van der Waals surface area contributed by atoms with Crippen molar-refractivity contribution in [2.75, 3.05) is 11.1 Å². The topological polar surface area (TPSA) is 76.9 Å². The van der Waals surface area contributed by atoms with Crippen molar-refractivity contribution in [3.8, 4) is 17.1 Å². The van der Waals surface area contributed by atoms with Gasteiger partial charge in [0.05, 0.1) is 5.75 Å². The lowest BCUT2D eigenvalue weighted by molar-refractivity contribution is -0.114. The second-order valence-corrected chi connectivity index (χ2v) is 8.33. The number of anilines is 1. The molecule has 1 amide bonds. The van der Waals surface area contributed by atoms with Crippen molar-refractivity contribution in [1.29, 1.82) is 0 Å². The Labute approximate surface area is 194 Å². The van der Waals surface area contributed by atoms with Crippen molar-refractivity contribution in [2.45, 2.75) is 12.1 Å². The Bertz CT molecular complexity index is 1240. The molecule has 0 unspecified atom stereocenters. The summed E-state index contributed by atoms with van der Waals surface area (Å²) in [5.41, 5.74) is 2.99. The van der Waals surface area contributed by atoms with Gasteiger partial charge in [0.2, 0.25) is 5.91 Å². The maximum Gasteiger partial charge on any atom is 0.221 e. The summed E-state index contributed by atoms with van der Waals surface area (Å²) in [5.74, 6) is 0.671.